The van der Waals surface area contributed by atoms with Crippen molar-refractivity contribution in [3.8, 4) is 0 Å². The molecule has 0 aliphatic heterocycles. The lowest BCUT2D eigenvalue weighted by molar-refractivity contribution is 0.148. The van der Waals surface area contributed by atoms with E-state index in [2.05, 4.69) is 61.0 Å². The first-order valence-electron chi connectivity index (χ1n) is 7.61. The summed E-state index contributed by atoms with van der Waals surface area (Å²) < 4.78 is 1.19. The van der Waals surface area contributed by atoms with Crippen molar-refractivity contribution in [2.45, 2.75) is 62.6 Å². The molecule has 0 radical (unpaired) electrons. The Bertz CT molecular complexity index is 446. The minimum absolute atomic E-state index is 0.330. The van der Waals surface area contributed by atoms with Crippen LogP contribution in [0.5, 0.6) is 0 Å². The first-order chi connectivity index (χ1) is 9.44. The summed E-state index contributed by atoms with van der Waals surface area (Å²) in [5, 5.41) is 0.540. The lowest BCUT2D eigenvalue weighted by atomic mass is 9.69. The lowest BCUT2D eigenvalue weighted by Crippen LogP contribution is -2.42. The molecule has 1 aliphatic carbocycles. The molecule has 1 fully saturated rings. The monoisotopic (exact) mass is 355 g/mol. The van der Waals surface area contributed by atoms with Crippen LogP contribution in [0.4, 0.5) is 0 Å². The Morgan fingerprint density at radius 3 is 2.65 bits per heavy atom. The average molecular weight is 356 g/mol. The van der Waals surface area contributed by atoms with Gasteiger partial charge in [0.1, 0.15) is 0 Å². The van der Waals surface area contributed by atoms with Crippen LogP contribution in [-0.2, 0) is 0 Å². The quantitative estimate of drug-likeness (QED) is 0.774. The molecule has 0 heterocycles. The Kier molecular flexibility index (Phi) is 5.61. The van der Waals surface area contributed by atoms with Gasteiger partial charge in [-0.2, -0.15) is 0 Å². The summed E-state index contributed by atoms with van der Waals surface area (Å²) in [7, 11) is 0. The third kappa shape index (κ3) is 3.80. The van der Waals surface area contributed by atoms with E-state index < -0.39 is 0 Å². The summed E-state index contributed by atoms with van der Waals surface area (Å²) in [5.74, 6) is 0.798. The molecule has 0 bridgehead atoms. The first kappa shape index (κ1) is 16.4. The van der Waals surface area contributed by atoms with Crippen molar-refractivity contribution in [1.82, 2.24) is 0 Å². The fourth-order valence-electron chi connectivity index (χ4n) is 2.99. The minimum atomic E-state index is 0.330. The zero-order valence-corrected chi connectivity index (χ0v) is 15.1. The van der Waals surface area contributed by atoms with E-state index in [9.17, 15) is 0 Å². The fourth-order valence-corrected chi connectivity index (χ4v) is 4.86. The Morgan fingerprint density at radius 2 is 2.00 bits per heavy atom. The summed E-state index contributed by atoms with van der Waals surface area (Å²) >= 11 is 5.61. The predicted molar refractivity (Wildman–Crippen MR) is 93.2 cm³/mol. The molecule has 0 saturated heterocycles. The molecule has 3 heteroatoms. The van der Waals surface area contributed by atoms with Gasteiger partial charge in [-0.25, -0.2) is 0 Å². The molecule has 2 rings (SSSR count). The van der Waals surface area contributed by atoms with Crippen molar-refractivity contribution < 1.29 is 0 Å². The van der Waals surface area contributed by atoms with E-state index in [0.717, 1.165) is 12.3 Å². The smallest absolute Gasteiger partial charge is 0.0311 e. The molecule has 1 nitrogen and oxygen atoms in total. The van der Waals surface area contributed by atoms with Crippen LogP contribution in [0, 0.1) is 11.3 Å². The van der Waals surface area contributed by atoms with Crippen LogP contribution < -0.4 is 5.73 Å². The number of rotatable bonds is 4. The zero-order valence-electron chi connectivity index (χ0n) is 12.7. The summed E-state index contributed by atoms with van der Waals surface area (Å²) in [5.41, 5.74) is 6.83. The van der Waals surface area contributed by atoms with Crippen LogP contribution >= 0.6 is 27.7 Å². The van der Waals surface area contributed by atoms with Crippen molar-refractivity contribution in [2.75, 3.05) is 0 Å². The number of nitrogens with two attached hydrogens (primary N) is 1. The second-order valence-corrected chi connectivity index (χ2v) is 8.74. The molecule has 1 aromatic carbocycles. The molecule has 1 aliphatic rings. The van der Waals surface area contributed by atoms with Crippen LogP contribution in [0.15, 0.2) is 33.6 Å². The summed E-state index contributed by atoms with van der Waals surface area (Å²) in [6.45, 7) is 7.13. The molecule has 112 valence electrons. The van der Waals surface area contributed by atoms with E-state index in [1.807, 2.05) is 11.8 Å². The molecule has 1 aromatic rings. The molecule has 0 amide bonds. The highest BCUT2D eigenvalue weighted by Gasteiger charge is 2.36. The Labute approximate surface area is 136 Å². The Balaban J connectivity index is 2.08. The van der Waals surface area contributed by atoms with E-state index in [1.165, 1.54) is 28.6 Å². The van der Waals surface area contributed by atoms with Gasteiger partial charge in [0.25, 0.3) is 0 Å². The van der Waals surface area contributed by atoms with Gasteiger partial charge < -0.3 is 5.73 Å². The molecule has 2 N–H and O–H groups in total. The van der Waals surface area contributed by atoms with Crippen LogP contribution in [0.3, 0.4) is 0 Å². The van der Waals surface area contributed by atoms with Crippen molar-refractivity contribution in [3.63, 3.8) is 0 Å². The topological polar surface area (TPSA) is 26.0 Å². The molecular weight excluding hydrogens is 330 g/mol. The normalized spacial score (nSPS) is 27.6. The van der Waals surface area contributed by atoms with E-state index in [-0.39, 0.29) is 0 Å². The molecule has 3 atom stereocenters. The first-order valence-corrected chi connectivity index (χ1v) is 9.28. The van der Waals surface area contributed by atoms with Crippen molar-refractivity contribution >= 4 is 27.7 Å². The maximum atomic E-state index is 6.39. The lowest BCUT2D eigenvalue weighted by Gasteiger charge is -2.42. The highest BCUT2D eigenvalue weighted by atomic mass is 79.9. The van der Waals surface area contributed by atoms with Gasteiger partial charge in [0.05, 0.1) is 0 Å². The van der Waals surface area contributed by atoms with Crippen LogP contribution in [-0.4, -0.2) is 11.3 Å². The highest BCUT2D eigenvalue weighted by Crippen LogP contribution is 2.45. The van der Waals surface area contributed by atoms with Gasteiger partial charge in [0.15, 0.2) is 0 Å². The Morgan fingerprint density at radius 1 is 1.30 bits per heavy atom. The fraction of sp³-hybridized carbons (Fsp3) is 0.647. The SMILES string of the molecule is CCC(C)(C)C1CCC(N)C(Sc2ccccc2Br)C1. The molecule has 0 aromatic heterocycles. The maximum absolute atomic E-state index is 6.39. The zero-order chi connectivity index (χ0) is 14.8. The molecule has 1 saturated carbocycles. The second kappa shape index (κ2) is 6.85. The third-order valence-corrected chi connectivity index (χ3v) is 7.38. The van der Waals surface area contributed by atoms with Crippen LogP contribution in [0.25, 0.3) is 0 Å². The number of halogens is 1. The highest BCUT2D eigenvalue weighted by molar-refractivity contribution is 9.10. The molecule has 20 heavy (non-hydrogen) atoms. The maximum Gasteiger partial charge on any atom is 0.0311 e. The van der Waals surface area contributed by atoms with E-state index in [4.69, 9.17) is 5.73 Å². The summed E-state index contributed by atoms with van der Waals surface area (Å²) in [6, 6.07) is 8.81. The van der Waals surface area contributed by atoms with Gasteiger partial charge >= 0.3 is 0 Å². The summed E-state index contributed by atoms with van der Waals surface area (Å²) in [6.07, 6.45) is 4.94. The van der Waals surface area contributed by atoms with E-state index >= 15 is 0 Å². The Hall–Kier alpha value is 0.01000. The average Bonchev–Trinajstić information content (AvgIpc) is 2.43. The third-order valence-electron chi connectivity index (χ3n) is 4.97. The molecular formula is C17H26BrNS. The largest absolute Gasteiger partial charge is 0.327 e. The van der Waals surface area contributed by atoms with Crippen molar-refractivity contribution in [2.24, 2.45) is 17.1 Å². The van der Waals surface area contributed by atoms with E-state index in [0.29, 0.717) is 16.7 Å². The van der Waals surface area contributed by atoms with E-state index in [1.54, 1.807) is 0 Å². The van der Waals surface area contributed by atoms with Crippen LogP contribution in [0.1, 0.15) is 46.5 Å². The minimum Gasteiger partial charge on any atom is -0.327 e. The molecule has 0 spiro atoms. The standard InChI is InChI=1S/C17H26BrNS/c1-4-17(2,3)12-9-10-14(19)16(11-12)20-15-8-6-5-7-13(15)18/h5-8,12,14,16H,4,9-11,19H2,1-3H3. The van der Waals surface area contributed by atoms with Gasteiger partial charge in [0.2, 0.25) is 0 Å². The number of benzene rings is 1. The number of thioether (sulfide) groups is 1. The number of hydrogen-bond acceptors (Lipinski definition) is 2. The predicted octanol–water partition coefficient (Wildman–Crippen LogP) is 5.47. The van der Waals surface area contributed by atoms with Gasteiger partial charge in [-0.3, -0.25) is 0 Å². The molecule has 3 unspecified atom stereocenters. The van der Waals surface area contributed by atoms with Crippen LogP contribution in [0.2, 0.25) is 0 Å². The number of hydrogen-bond donors (Lipinski definition) is 1. The second-order valence-electron chi connectivity index (χ2n) is 6.60. The van der Waals surface area contributed by atoms with Crippen molar-refractivity contribution in [1.29, 1.82) is 0 Å². The summed E-state index contributed by atoms with van der Waals surface area (Å²) in [4.78, 5) is 1.32. The van der Waals surface area contributed by atoms with Gasteiger partial charge in [-0.15, -0.1) is 11.8 Å². The van der Waals surface area contributed by atoms with Gasteiger partial charge in [0, 0.05) is 20.7 Å². The van der Waals surface area contributed by atoms with Gasteiger partial charge in [-0.1, -0.05) is 39.3 Å². The van der Waals surface area contributed by atoms with Gasteiger partial charge in [-0.05, 0) is 58.7 Å². The van der Waals surface area contributed by atoms with Crippen molar-refractivity contribution in [3.05, 3.63) is 28.7 Å².